The minimum absolute atomic E-state index is 0.544. The zero-order chi connectivity index (χ0) is 13.8. The molecule has 0 amide bonds. The van der Waals surface area contributed by atoms with Crippen molar-refractivity contribution in [1.29, 1.82) is 0 Å². The fourth-order valence-corrected chi connectivity index (χ4v) is 2.48. The molecule has 2 heterocycles. The second-order valence-electron chi connectivity index (χ2n) is 5.71. The van der Waals surface area contributed by atoms with Gasteiger partial charge >= 0.3 is 0 Å². The molecular weight excluding hydrogens is 238 g/mol. The third-order valence-corrected chi connectivity index (χ3v) is 3.89. The van der Waals surface area contributed by atoms with Gasteiger partial charge in [-0.25, -0.2) is 4.98 Å². The largest absolute Gasteiger partial charge is 0.481 e. The van der Waals surface area contributed by atoms with Crippen molar-refractivity contribution >= 4 is 0 Å². The Labute approximate surface area is 116 Å². The Kier molecular flexibility index (Phi) is 4.77. The number of rotatable bonds is 4. The average molecular weight is 263 g/mol. The van der Waals surface area contributed by atoms with Crippen LogP contribution >= 0.6 is 0 Å². The van der Waals surface area contributed by atoms with Gasteiger partial charge in [-0.1, -0.05) is 19.9 Å². The number of hydrogen-bond acceptors (Lipinski definition) is 4. The van der Waals surface area contributed by atoms with Crippen molar-refractivity contribution in [3.05, 3.63) is 23.9 Å². The molecule has 1 N–H and O–H groups in total. The standard InChI is InChI=1S/C15H25N3O/c1-11(2)14-10-18(12(3)8-16-14)9-13-6-5-7-15(17-13)19-4/h5-7,11-12,14,16H,8-10H2,1-4H3. The minimum Gasteiger partial charge on any atom is -0.481 e. The Morgan fingerprint density at radius 3 is 2.95 bits per heavy atom. The molecule has 0 aliphatic carbocycles. The van der Waals surface area contributed by atoms with Crippen LogP contribution in [0.1, 0.15) is 26.5 Å². The van der Waals surface area contributed by atoms with Gasteiger partial charge in [0.1, 0.15) is 0 Å². The smallest absolute Gasteiger partial charge is 0.213 e. The Balaban J connectivity index is 2.03. The summed E-state index contributed by atoms with van der Waals surface area (Å²) in [5, 5.41) is 3.62. The molecule has 1 aromatic heterocycles. The number of nitrogens with zero attached hydrogens (tertiary/aromatic N) is 2. The zero-order valence-corrected chi connectivity index (χ0v) is 12.4. The molecule has 0 radical (unpaired) electrons. The molecule has 2 atom stereocenters. The van der Waals surface area contributed by atoms with Crippen molar-refractivity contribution < 1.29 is 4.74 Å². The molecule has 2 rings (SSSR count). The first kappa shape index (κ1) is 14.3. The number of piperazine rings is 1. The van der Waals surface area contributed by atoms with Crippen LogP contribution in [-0.4, -0.2) is 42.2 Å². The maximum atomic E-state index is 5.19. The predicted octanol–water partition coefficient (Wildman–Crippen LogP) is 1.91. The van der Waals surface area contributed by atoms with Crippen LogP contribution < -0.4 is 10.1 Å². The molecule has 0 aromatic carbocycles. The molecule has 1 aliphatic rings. The van der Waals surface area contributed by atoms with Crippen LogP contribution in [0.15, 0.2) is 18.2 Å². The number of aromatic nitrogens is 1. The van der Waals surface area contributed by atoms with Gasteiger partial charge in [0.25, 0.3) is 0 Å². The Bertz CT molecular complexity index is 408. The minimum atomic E-state index is 0.544. The summed E-state index contributed by atoms with van der Waals surface area (Å²) in [6.07, 6.45) is 0. The lowest BCUT2D eigenvalue weighted by atomic mass is 9.99. The Morgan fingerprint density at radius 1 is 1.47 bits per heavy atom. The van der Waals surface area contributed by atoms with Crippen molar-refractivity contribution in [2.24, 2.45) is 5.92 Å². The van der Waals surface area contributed by atoms with Crippen molar-refractivity contribution in [3.63, 3.8) is 0 Å². The highest BCUT2D eigenvalue weighted by Gasteiger charge is 2.26. The summed E-state index contributed by atoms with van der Waals surface area (Å²) in [5.41, 5.74) is 1.08. The number of ether oxygens (including phenoxy) is 1. The summed E-state index contributed by atoms with van der Waals surface area (Å²) in [4.78, 5) is 7.01. The van der Waals surface area contributed by atoms with Crippen LogP contribution in [0.3, 0.4) is 0 Å². The molecule has 106 valence electrons. The van der Waals surface area contributed by atoms with Gasteiger partial charge in [-0.3, -0.25) is 4.90 Å². The van der Waals surface area contributed by atoms with Crippen LogP contribution in [0.25, 0.3) is 0 Å². The van der Waals surface area contributed by atoms with E-state index in [4.69, 9.17) is 4.74 Å². The molecule has 1 aromatic rings. The second kappa shape index (κ2) is 6.35. The third-order valence-electron chi connectivity index (χ3n) is 3.89. The molecule has 0 saturated carbocycles. The summed E-state index contributed by atoms with van der Waals surface area (Å²) in [6.45, 7) is 9.84. The molecule has 1 saturated heterocycles. The maximum Gasteiger partial charge on any atom is 0.213 e. The summed E-state index contributed by atoms with van der Waals surface area (Å²) in [5.74, 6) is 1.36. The SMILES string of the molecule is COc1cccc(CN2CC(C(C)C)NCC2C)n1. The lowest BCUT2D eigenvalue weighted by Gasteiger charge is -2.40. The zero-order valence-electron chi connectivity index (χ0n) is 12.4. The molecule has 1 fully saturated rings. The summed E-state index contributed by atoms with van der Waals surface area (Å²) in [6, 6.07) is 7.09. The van der Waals surface area contributed by atoms with Gasteiger partial charge < -0.3 is 10.1 Å². The van der Waals surface area contributed by atoms with Crippen molar-refractivity contribution in [3.8, 4) is 5.88 Å². The quantitative estimate of drug-likeness (QED) is 0.900. The molecule has 2 unspecified atom stereocenters. The first-order valence-electron chi connectivity index (χ1n) is 7.07. The van der Waals surface area contributed by atoms with Gasteiger partial charge in [-0.15, -0.1) is 0 Å². The first-order chi connectivity index (χ1) is 9.10. The van der Waals surface area contributed by atoms with E-state index < -0.39 is 0 Å². The van der Waals surface area contributed by atoms with E-state index in [0.717, 1.165) is 25.3 Å². The van der Waals surface area contributed by atoms with Gasteiger partial charge in [0.2, 0.25) is 5.88 Å². The predicted molar refractivity (Wildman–Crippen MR) is 77.3 cm³/mol. The van der Waals surface area contributed by atoms with Crippen LogP contribution in [0.5, 0.6) is 5.88 Å². The third kappa shape index (κ3) is 3.67. The topological polar surface area (TPSA) is 37.4 Å². The lowest BCUT2D eigenvalue weighted by Crippen LogP contribution is -2.56. The number of pyridine rings is 1. The molecule has 0 bridgehead atoms. The maximum absolute atomic E-state index is 5.19. The van der Waals surface area contributed by atoms with Crippen molar-refractivity contribution in [1.82, 2.24) is 15.2 Å². The molecular formula is C15H25N3O. The highest BCUT2D eigenvalue weighted by atomic mass is 16.5. The van der Waals surface area contributed by atoms with E-state index in [1.807, 2.05) is 12.1 Å². The van der Waals surface area contributed by atoms with Gasteiger partial charge in [0.05, 0.1) is 12.8 Å². The van der Waals surface area contributed by atoms with E-state index in [0.29, 0.717) is 23.9 Å². The van der Waals surface area contributed by atoms with Crippen LogP contribution in [0.2, 0.25) is 0 Å². The molecule has 1 aliphatic heterocycles. The van der Waals surface area contributed by atoms with E-state index in [9.17, 15) is 0 Å². The summed E-state index contributed by atoms with van der Waals surface area (Å²) >= 11 is 0. The van der Waals surface area contributed by atoms with Gasteiger partial charge in [0, 0.05) is 37.8 Å². The first-order valence-corrected chi connectivity index (χ1v) is 7.07. The van der Waals surface area contributed by atoms with Crippen molar-refractivity contribution in [2.75, 3.05) is 20.2 Å². The second-order valence-corrected chi connectivity index (χ2v) is 5.71. The van der Waals surface area contributed by atoms with E-state index in [1.165, 1.54) is 0 Å². The fraction of sp³-hybridized carbons (Fsp3) is 0.667. The van der Waals surface area contributed by atoms with E-state index in [-0.39, 0.29) is 0 Å². The van der Waals surface area contributed by atoms with Gasteiger partial charge in [0.15, 0.2) is 0 Å². The normalized spacial score (nSPS) is 24.7. The van der Waals surface area contributed by atoms with E-state index >= 15 is 0 Å². The number of nitrogens with one attached hydrogen (secondary N) is 1. The summed E-state index contributed by atoms with van der Waals surface area (Å²) < 4.78 is 5.19. The van der Waals surface area contributed by atoms with Gasteiger partial charge in [-0.2, -0.15) is 0 Å². The molecule has 4 heteroatoms. The fourth-order valence-electron chi connectivity index (χ4n) is 2.48. The highest BCUT2D eigenvalue weighted by Crippen LogP contribution is 2.16. The number of hydrogen-bond donors (Lipinski definition) is 1. The highest BCUT2D eigenvalue weighted by molar-refractivity contribution is 5.15. The van der Waals surface area contributed by atoms with Gasteiger partial charge in [-0.05, 0) is 18.9 Å². The lowest BCUT2D eigenvalue weighted by molar-refractivity contribution is 0.114. The molecule has 0 spiro atoms. The van der Waals surface area contributed by atoms with E-state index in [1.54, 1.807) is 7.11 Å². The monoisotopic (exact) mass is 263 g/mol. The van der Waals surface area contributed by atoms with Crippen LogP contribution in [-0.2, 0) is 6.54 Å². The Hall–Kier alpha value is -1.13. The average Bonchev–Trinajstić information content (AvgIpc) is 2.41. The van der Waals surface area contributed by atoms with E-state index in [2.05, 4.69) is 42.0 Å². The number of methoxy groups -OCH3 is 1. The van der Waals surface area contributed by atoms with Crippen LogP contribution in [0.4, 0.5) is 0 Å². The van der Waals surface area contributed by atoms with Crippen molar-refractivity contribution in [2.45, 2.75) is 39.4 Å². The molecule has 19 heavy (non-hydrogen) atoms. The Morgan fingerprint density at radius 2 is 2.26 bits per heavy atom. The molecule has 4 nitrogen and oxygen atoms in total. The summed E-state index contributed by atoms with van der Waals surface area (Å²) in [7, 11) is 1.66. The van der Waals surface area contributed by atoms with Crippen LogP contribution in [0, 0.1) is 5.92 Å².